The molecular weight excluding hydrogens is 633 g/mol. The number of carbonyl (C=O) groups excluding carboxylic acids is 1. The van der Waals surface area contributed by atoms with Crippen molar-refractivity contribution >= 4 is 46.5 Å². The second-order valence-corrected chi connectivity index (χ2v) is 11.6. The van der Waals surface area contributed by atoms with Crippen LogP contribution in [0.4, 0.5) is 52.5 Å². The second kappa shape index (κ2) is 14.0. The Bertz CT molecular complexity index is 1640. The molecule has 0 aliphatic carbocycles. The number of likely N-dealkylation sites (N-methyl/N-ethyl adjacent to an activating group) is 1. The van der Waals surface area contributed by atoms with Crippen LogP contribution in [0.15, 0.2) is 42.6 Å². The van der Waals surface area contributed by atoms with E-state index in [-0.39, 0.29) is 17.5 Å². The lowest BCUT2D eigenvalue weighted by Crippen LogP contribution is -2.61. The number of amides is 2. The van der Waals surface area contributed by atoms with E-state index in [1.165, 1.54) is 26.0 Å². The topological polar surface area (TPSA) is 132 Å². The van der Waals surface area contributed by atoms with Crippen LogP contribution in [0.3, 0.4) is 0 Å². The highest BCUT2D eigenvalue weighted by molar-refractivity contribution is 5.75. The molecule has 0 bridgehead atoms. The normalized spacial score (nSPS) is 16.4. The smallest absolute Gasteiger partial charge is 0.421 e. The number of hydrogen-bond acceptors (Lipinski definition) is 9. The second-order valence-electron chi connectivity index (χ2n) is 11.6. The highest BCUT2D eigenvalue weighted by atomic mass is 19.4. The Balaban J connectivity index is 1.39. The summed E-state index contributed by atoms with van der Waals surface area (Å²) in [5.41, 5.74) is 1.40. The molecule has 1 aromatic heterocycles. The minimum absolute atomic E-state index is 0.0146. The summed E-state index contributed by atoms with van der Waals surface area (Å²) >= 11 is 0. The van der Waals surface area contributed by atoms with E-state index in [9.17, 15) is 27.9 Å². The molecule has 48 heavy (non-hydrogen) atoms. The fourth-order valence-corrected chi connectivity index (χ4v) is 6.13. The van der Waals surface area contributed by atoms with Gasteiger partial charge in [0, 0.05) is 63.2 Å². The first-order chi connectivity index (χ1) is 22.9. The SMILES string of the molecule is CC[N+]1(c2ccc(Nc3ncc(C(F)(F)F)c(Nc4ccc(N5CCN(C(C)=O)CC5)cc4OC)n3)c(OC)c2)CCN(C(=O)O)CC1. The van der Waals surface area contributed by atoms with Crippen LogP contribution in [0.2, 0.25) is 0 Å². The number of anilines is 5. The summed E-state index contributed by atoms with van der Waals surface area (Å²) in [7, 11) is 2.92. The summed E-state index contributed by atoms with van der Waals surface area (Å²) in [4.78, 5) is 36.5. The first-order valence-electron chi connectivity index (χ1n) is 15.6. The van der Waals surface area contributed by atoms with Gasteiger partial charge in [-0.1, -0.05) is 0 Å². The number of carboxylic acid groups (broad SMARTS) is 1. The number of alkyl halides is 3. The molecule has 0 atom stereocenters. The van der Waals surface area contributed by atoms with Crippen molar-refractivity contribution in [3.63, 3.8) is 0 Å². The van der Waals surface area contributed by atoms with Gasteiger partial charge in [-0.3, -0.25) is 14.2 Å². The number of rotatable bonds is 9. The number of aromatic nitrogens is 2. The number of hydrogen-bond donors (Lipinski definition) is 3. The molecule has 5 rings (SSSR count). The number of quaternary nitrogens is 1. The molecule has 0 unspecified atom stereocenters. The maximum Gasteiger partial charge on any atom is 0.421 e. The lowest BCUT2D eigenvalue weighted by atomic mass is 10.1. The van der Waals surface area contributed by atoms with Crippen molar-refractivity contribution in [3.05, 3.63) is 48.2 Å². The zero-order chi connectivity index (χ0) is 34.6. The Morgan fingerprint density at radius 3 is 2.12 bits per heavy atom. The Morgan fingerprint density at radius 2 is 1.54 bits per heavy atom. The molecule has 3 aromatic rings. The number of piperazine rings is 2. The van der Waals surface area contributed by atoms with Gasteiger partial charge < -0.3 is 35.0 Å². The van der Waals surface area contributed by atoms with E-state index in [4.69, 9.17) is 9.47 Å². The Hall–Kier alpha value is -4.99. The zero-order valence-corrected chi connectivity index (χ0v) is 27.3. The summed E-state index contributed by atoms with van der Waals surface area (Å²) in [6.07, 6.45) is -4.97. The molecule has 16 heteroatoms. The van der Waals surface area contributed by atoms with Crippen LogP contribution in [0.1, 0.15) is 19.4 Å². The van der Waals surface area contributed by atoms with E-state index in [0.29, 0.717) is 80.2 Å². The van der Waals surface area contributed by atoms with Gasteiger partial charge in [0.05, 0.1) is 45.2 Å². The van der Waals surface area contributed by atoms with Crippen molar-refractivity contribution in [1.29, 1.82) is 0 Å². The highest BCUT2D eigenvalue weighted by Gasteiger charge is 2.37. The van der Waals surface area contributed by atoms with Crippen molar-refractivity contribution in [1.82, 2.24) is 24.3 Å². The third-order valence-electron chi connectivity index (χ3n) is 9.07. The minimum Gasteiger partial charge on any atom is -0.494 e. The zero-order valence-electron chi connectivity index (χ0n) is 27.3. The monoisotopic (exact) mass is 673 g/mol. The number of nitrogens with one attached hydrogen (secondary N) is 2. The number of ether oxygens (including phenoxy) is 2. The van der Waals surface area contributed by atoms with Crippen LogP contribution in [0.5, 0.6) is 11.5 Å². The van der Waals surface area contributed by atoms with Crippen molar-refractivity contribution in [2.75, 3.05) is 88.7 Å². The predicted molar refractivity (Wildman–Crippen MR) is 176 cm³/mol. The number of benzene rings is 2. The van der Waals surface area contributed by atoms with Crippen LogP contribution in [-0.2, 0) is 11.0 Å². The van der Waals surface area contributed by atoms with Crippen LogP contribution >= 0.6 is 0 Å². The van der Waals surface area contributed by atoms with Gasteiger partial charge in [0.15, 0.2) is 0 Å². The Kier molecular flexibility index (Phi) is 10.0. The molecule has 13 nitrogen and oxygen atoms in total. The summed E-state index contributed by atoms with van der Waals surface area (Å²) in [5.74, 6) is 0.199. The molecule has 2 fully saturated rings. The molecule has 2 aliphatic heterocycles. The van der Waals surface area contributed by atoms with Gasteiger partial charge in [0.2, 0.25) is 11.9 Å². The van der Waals surface area contributed by atoms with Gasteiger partial charge >= 0.3 is 12.3 Å². The van der Waals surface area contributed by atoms with E-state index in [2.05, 4.69) is 25.5 Å². The van der Waals surface area contributed by atoms with Crippen LogP contribution < -0.4 is 29.5 Å². The highest BCUT2D eigenvalue weighted by Crippen LogP contribution is 2.40. The van der Waals surface area contributed by atoms with E-state index >= 15 is 0 Å². The molecule has 2 aromatic carbocycles. The number of methoxy groups -OCH3 is 2. The quantitative estimate of drug-likeness (QED) is 0.267. The first kappa shape index (κ1) is 34.3. The van der Waals surface area contributed by atoms with E-state index in [0.717, 1.165) is 17.9 Å². The predicted octanol–water partition coefficient (Wildman–Crippen LogP) is 4.99. The summed E-state index contributed by atoms with van der Waals surface area (Å²) < 4.78 is 54.0. The van der Waals surface area contributed by atoms with Gasteiger partial charge in [-0.2, -0.15) is 18.2 Å². The molecule has 2 aliphatic rings. The van der Waals surface area contributed by atoms with Crippen molar-refractivity contribution in [2.24, 2.45) is 0 Å². The Labute approximate surface area is 276 Å². The number of nitrogens with zero attached hydrogens (tertiary/aromatic N) is 6. The Morgan fingerprint density at radius 1 is 0.917 bits per heavy atom. The van der Waals surface area contributed by atoms with Crippen LogP contribution in [0, 0.1) is 0 Å². The number of carbonyl (C=O) groups is 2. The maximum atomic E-state index is 14.1. The van der Waals surface area contributed by atoms with E-state index < -0.39 is 23.7 Å². The molecular formula is C32H40F3N8O5+. The van der Waals surface area contributed by atoms with Crippen molar-refractivity contribution in [3.8, 4) is 11.5 Å². The maximum absolute atomic E-state index is 14.1. The van der Waals surface area contributed by atoms with Gasteiger partial charge in [0.25, 0.3) is 0 Å². The van der Waals surface area contributed by atoms with Gasteiger partial charge in [-0.15, -0.1) is 0 Å². The van der Waals surface area contributed by atoms with Gasteiger partial charge in [-0.25, -0.2) is 9.78 Å². The third-order valence-corrected chi connectivity index (χ3v) is 9.07. The standard InChI is InChI=1S/C32H39F3N8O5/c1-5-43(16-14-42(15-17-43)31(45)46)23-7-9-26(28(19-23)48-4)38-30-36-20-24(32(33,34)35)29(39-30)37-25-8-6-22(18-27(25)47-3)41-12-10-40(11-13-41)21(2)44/h6-9,18-20H,5,10-17H2,1-4H3,(H2-,36,37,38,39,45,46)/p+1. The van der Waals surface area contributed by atoms with Crippen molar-refractivity contribution < 1.29 is 37.3 Å². The molecule has 2 saturated heterocycles. The summed E-state index contributed by atoms with van der Waals surface area (Å²) in [5, 5.41) is 15.2. The van der Waals surface area contributed by atoms with Crippen LogP contribution in [0.25, 0.3) is 0 Å². The average molecular weight is 674 g/mol. The molecule has 3 N–H and O–H groups in total. The molecule has 2 amide bonds. The molecule has 0 radical (unpaired) electrons. The molecule has 258 valence electrons. The summed E-state index contributed by atoms with van der Waals surface area (Å²) in [6.45, 7) is 8.66. The molecule has 0 spiro atoms. The number of halogens is 3. The van der Waals surface area contributed by atoms with Gasteiger partial charge in [-0.05, 0) is 25.1 Å². The fourth-order valence-electron chi connectivity index (χ4n) is 6.13. The van der Waals surface area contributed by atoms with E-state index in [1.54, 1.807) is 29.2 Å². The minimum atomic E-state index is -4.74. The largest absolute Gasteiger partial charge is 0.494 e. The first-order valence-corrected chi connectivity index (χ1v) is 15.6. The van der Waals surface area contributed by atoms with E-state index in [1.807, 2.05) is 19.1 Å². The average Bonchev–Trinajstić information content (AvgIpc) is 3.08. The fraction of sp³-hybridized carbons (Fsp3) is 0.438. The lowest BCUT2D eigenvalue weighted by Gasteiger charge is -2.43. The summed E-state index contributed by atoms with van der Waals surface area (Å²) in [6, 6.07) is 10.6. The lowest BCUT2D eigenvalue weighted by molar-refractivity contribution is -0.137. The molecule has 0 saturated carbocycles. The van der Waals surface area contributed by atoms with Crippen LogP contribution in [-0.4, -0.2) is 110 Å². The van der Waals surface area contributed by atoms with Crippen molar-refractivity contribution in [2.45, 2.75) is 20.0 Å². The van der Waals surface area contributed by atoms with Gasteiger partial charge in [0.1, 0.15) is 41.7 Å². The third kappa shape index (κ3) is 7.27. The molecule has 3 heterocycles.